The molecule has 1 saturated carbocycles. The van der Waals surface area contributed by atoms with Gasteiger partial charge in [0, 0.05) is 38.4 Å². The molecule has 1 amide bonds. The second-order valence-corrected chi connectivity index (χ2v) is 9.97. The molecule has 8 nitrogen and oxygen atoms in total. The molecule has 4 bridgehead atoms. The van der Waals surface area contributed by atoms with Crippen molar-refractivity contribution in [3.63, 3.8) is 0 Å². The van der Waals surface area contributed by atoms with Crippen molar-refractivity contribution in [1.82, 2.24) is 25.3 Å². The molecule has 3 aromatic rings. The summed E-state index contributed by atoms with van der Waals surface area (Å²) in [6.45, 7) is 3.64. The summed E-state index contributed by atoms with van der Waals surface area (Å²) >= 11 is 0. The lowest BCUT2D eigenvalue weighted by molar-refractivity contribution is -0.124. The van der Waals surface area contributed by atoms with Gasteiger partial charge in [-0.2, -0.15) is 10.2 Å². The number of hydrogen-bond donors (Lipinski definition) is 1. The summed E-state index contributed by atoms with van der Waals surface area (Å²) in [5.74, 6) is 1.64. The van der Waals surface area contributed by atoms with Crippen LogP contribution in [0.25, 0.3) is 0 Å². The standard InChI is InChI=1S/C28H31N5O3/c34-28-18-33(23-9-10-23)14-20-4-1-7-24(12-20)36-25-8-2-5-21(13-25)19-35-27-17-32(16-26(27)30-28)15-22-6-3-11-29-31-22/h1-8,11-13,23,26-27H,9-10,14-19H2,(H,30,34)/t26-,27-/m0/s1. The van der Waals surface area contributed by atoms with Crippen LogP contribution in [0.4, 0.5) is 0 Å². The van der Waals surface area contributed by atoms with Crippen molar-refractivity contribution < 1.29 is 14.3 Å². The van der Waals surface area contributed by atoms with Crippen LogP contribution < -0.4 is 10.1 Å². The molecule has 8 heteroatoms. The second kappa shape index (κ2) is 10.3. The summed E-state index contributed by atoms with van der Waals surface area (Å²) < 4.78 is 12.6. The van der Waals surface area contributed by atoms with Crippen LogP contribution in [0.1, 0.15) is 29.7 Å². The molecule has 1 aliphatic carbocycles. The fourth-order valence-electron chi connectivity index (χ4n) is 5.11. The van der Waals surface area contributed by atoms with E-state index in [-0.39, 0.29) is 18.1 Å². The van der Waals surface area contributed by atoms with E-state index in [1.54, 1.807) is 6.20 Å². The van der Waals surface area contributed by atoms with E-state index in [4.69, 9.17) is 9.47 Å². The van der Waals surface area contributed by atoms with E-state index in [1.807, 2.05) is 48.5 Å². The Balaban J connectivity index is 1.25. The number of nitrogens with one attached hydrogen (secondary N) is 1. The van der Waals surface area contributed by atoms with Crippen LogP contribution in [-0.4, -0.2) is 63.7 Å². The fraction of sp³-hybridized carbons (Fsp3) is 0.393. The largest absolute Gasteiger partial charge is 0.457 e. The van der Waals surface area contributed by atoms with Gasteiger partial charge < -0.3 is 14.8 Å². The highest BCUT2D eigenvalue weighted by molar-refractivity contribution is 5.78. The minimum Gasteiger partial charge on any atom is -0.457 e. The Labute approximate surface area is 211 Å². The van der Waals surface area contributed by atoms with Gasteiger partial charge >= 0.3 is 0 Å². The number of amides is 1. The van der Waals surface area contributed by atoms with Crippen molar-refractivity contribution in [1.29, 1.82) is 0 Å². The zero-order valence-electron chi connectivity index (χ0n) is 20.3. The Bertz CT molecular complexity index is 1200. The van der Waals surface area contributed by atoms with E-state index in [2.05, 4.69) is 37.4 Å². The van der Waals surface area contributed by atoms with Gasteiger partial charge in [0.05, 0.1) is 31.0 Å². The molecule has 0 radical (unpaired) electrons. The predicted molar refractivity (Wildman–Crippen MR) is 134 cm³/mol. The van der Waals surface area contributed by atoms with E-state index in [9.17, 15) is 4.79 Å². The predicted octanol–water partition coefficient (Wildman–Crippen LogP) is 3.13. The molecule has 186 valence electrons. The third-order valence-electron chi connectivity index (χ3n) is 6.99. The molecule has 0 spiro atoms. The number of hydrogen-bond acceptors (Lipinski definition) is 7. The van der Waals surface area contributed by atoms with Crippen LogP contribution in [0.2, 0.25) is 0 Å². The number of benzene rings is 2. The van der Waals surface area contributed by atoms with Crippen molar-refractivity contribution in [2.45, 2.75) is 50.7 Å². The van der Waals surface area contributed by atoms with Gasteiger partial charge in [-0.05, 0) is 60.4 Å². The number of rotatable bonds is 3. The van der Waals surface area contributed by atoms with Crippen LogP contribution >= 0.6 is 0 Å². The summed E-state index contributed by atoms with van der Waals surface area (Å²) in [6.07, 6.45) is 3.83. The van der Waals surface area contributed by atoms with E-state index >= 15 is 0 Å². The molecule has 2 fully saturated rings. The van der Waals surface area contributed by atoms with Gasteiger partial charge in [-0.25, -0.2) is 0 Å². The van der Waals surface area contributed by atoms with Crippen molar-refractivity contribution in [3.8, 4) is 11.5 Å². The maximum atomic E-state index is 13.2. The molecular formula is C28H31N5O3. The van der Waals surface area contributed by atoms with Crippen molar-refractivity contribution in [2.75, 3.05) is 19.6 Å². The van der Waals surface area contributed by atoms with E-state index < -0.39 is 0 Å². The second-order valence-electron chi connectivity index (χ2n) is 9.97. The SMILES string of the molecule is O=C1CN(C2CC2)Cc2cccc(c2)Oc2cccc(c2)CO[C@H]2CN(Cc3cccnn3)C[C@@H]2N1. The van der Waals surface area contributed by atoms with Gasteiger partial charge in [0.15, 0.2) is 0 Å². The van der Waals surface area contributed by atoms with Crippen molar-refractivity contribution in [2.24, 2.45) is 0 Å². The van der Waals surface area contributed by atoms with Crippen LogP contribution in [0.15, 0.2) is 66.9 Å². The normalized spacial score (nSPS) is 23.5. The zero-order valence-corrected chi connectivity index (χ0v) is 20.3. The highest BCUT2D eigenvalue weighted by atomic mass is 16.5. The fourth-order valence-corrected chi connectivity index (χ4v) is 5.11. The highest BCUT2D eigenvalue weighted by Crippen LogP contribution is 2.30. The van der Waals surface area contributed by atoms with E-state index in [1.165, 1.54) is 0 Å². The first-order valence-electron chi connectivity index (χ1n) is 12.7. The molecule has 2 aliphatic heterocycles. The Morgan fingerprint density at radius 3 is 2.53 bits per heavy atom. The molecule has 3 heterocycles. The number of likely N-dealkylation sites (tertiary alicyclic amines) is 1. The Hall–Kier alpha value is -3.33. The van der Waals surface area contributed by atoms with E-state index in [0.717, 1.165) is 47.7 Å². The zero-order chi connectivity index (χ0) is 24.3. The lowest BCUT2D eigenvalue weighted by Gasteiger charge is -2.25. The van der Waals surface area contributed by atoms with Gasteiger partial charge in [0.2, 0.25) is 5.91 Å². The monoisotopic (exact) mass is 485 g/mol. The lowest BCUT2D eigenvalue weighted by atomic mass is 10.1. The number of carbonyl (C=O) groups is 1. The smallest absolute Gasteiger partial charge is 0.234 e. The molecule has 1 aromatic heterocycles. The minimum atomic E-state index is -0.120. The van der Waals surface area contributed by atoms with Crippen LogP contribution in [0.3, 0.4) is 0 Å². The van der Waals surface area contributed by atoms with Gasteiger partial charge in [-0.1, -0.05) is 24.3 Å². The molecule has 1 saturated heterocycles. The first kappa shape index (κ1) is 23.1. The summed E-state index contributed by atoms with van der Waals surface area (Å²) in [6, 6.07) is 20.4. The summed E-state index contributed by atoms with van der Waals surface area (Å²) in [4.78, 5) is 17.8. The van der Waals surface area contributed by atoms with Crippen LogP contribution in [-0.2, 0) is 29.2 Å². The first-order chi connectivity index (χ1) is 17.7. The first-order valence-corrected chi connectivity index (χ1v) is 12.7. The summed E-state index contributed by atoms with van der Waals surface area (Å²) in [7, 11) is 0. The molecule has 2 atom stereocenters. The maximum Gasteiger partial charge on any atom is 0.234 e. The Morgan fingerprint density at radius 1 is 0.944 bits per heavy atom. The van der Waals surface area contributed by atoms with Crippen molar-refractivity contribution >= 4 is 5.91 Å². The number of aromatic nitrogens is 2. The van der Waals surface area contributed by atoms with Gasteiger partial charge in [-0.15, -0.1) is 0 Å². The average Bonchev–Trinajstić information content (AvgIpc) is 3.66. The molecular weight excluding hydrogens is 454 g/mol. The van der Waals surface area contributed by atoms with Crippen LogP contribution in [0, 0.1) is 0 Å². The van der Waals surface area contributed by atoms with Crippen LogP contribution in [0.5, 0.6) is 11.5 Å². The van der Waals surface area contributed by atoms with Crippen molar-refractivity contribution in [3.05, 3.63) is 83.7 Å². The van der Waals surface area contributed by atoms with Gasteiger partial charge in [-0.3, -0.25) is 14.6 Å². The molecule has 3 aliphatic rings. The van der Waals surface area contributed by atoms with E-state index in [0.29, 0.717) is 38.8 Å². The van der Waals surface area contributed by atoms with Gasteiger partial charge in [0.25, 0.3) is 0 Å². The summed E-state index contributed by atoms with van der Waals surface area (Å²) in [5.41, 5.74) is 3.09. The maximum absolute atomic E-state index is 13.2. The Kier molecular flexibility index (Phi) is 6.63. The molecule has 2 aromatic carbocycles. The number of carbonyl (C=O) groups excluding carboxylic acids is 1. The Morgan fingerprint density at radius 2 is 1.75 bits per heavy atom. The molecule has 0 unspecified atom stereocenters. The number of fused-ring (bicyclic) bond motifs is 5. The lowest BCUT2D eigenvalue weighted by Crippen LogP contribution is -2.48. The molecule has 6 rings (SSSR count). The average molecular weight is 486 g/mol. The third kappa shape index (κ3) is 5.73. The number of ether oxygens (including phenoxy) is 2. The molecule has 36 heavy (non-hydrogen) atoms. The molecule has 1 N–H and O–H groups in total. The topological polar surface area (TPSA) is 79.8 Å². The third-order valence-corrected chi connectivity index (χ3v) is 6.99. The summed E-state index contributed by atoms with van der Waals surface area (Å²) in [5, 5.41) is 11.5. The van der Waals surface area contributed by atoms with Gasteiger partial charge in [0.1, 0.15) is 11.5 Å². The minimum absolute atomic E-state index is 0.0448. The highest BCUT2D eigenvalue weighted by Gasteiger charge is 2.36. The number of nitrogens with zero attached hydrogens (tertiary/aromatic N) is 4. The quantitative estimate of drug-likeness (QED) is 0.611.